The SMILES string of the molecule is Cn1cc(-c2cc(=O)c3cc([N+](=O)[O-])ccc3o2)nn1. The number of benzene rings is 1. The first-order chi connectivity index (χ1) is 9.54. The maximum atomic E-state index is 12.0. The normalized spacial score (nSPS) is 10.8. The molecule has 0 N–H and O–H groups in total. The summed E-state index contributed by atoms with van der Waals surface area (Å²) in [5.74, 6) is 0.268. The summed E-state index contributed by atoms with van der Waals surface area (Å²) in [6.07, 6.45) is 1.61. The maximum absolute atomic E-state index is 12.0. The zero-order valence-electron chi connectivity index (χ0n) is 10.3. The molecule has 0 unspecified atom stereocenters. The number of aryl methyl sites for hydroxylation is 1. The molecule has 20 heavy (non-hydrogen) atoms. The van der Waals surface area contributed by atoms with Gasteiger partial charge in [0.05, 0.1) is 16.5 Å². The van der Waals surface area contributed by atoms with Gasteiger partial charge in [0.2, 0.25) is 0 Å². The van der Waals surface area contributed by atoms with Crippen molar-refractivity contribution in [2.75, 3.05) is 0 Å². The van der Waals surface area contributed by atoms with E-state index in [0.29, 0.717) is 5.69 Å². The van der Waals surface area contributed by atoms with E-state index in [9.17, 15) is 14.9 Å². The van der Waals surface area contributed by atoms with Gasteiger partial charge in [0, 0.05) is 25.2 Å². The van der Waals surface area contributed by atoms with Gasteiger partial charge < -0.3 is 4.42 Å². The fourth-order valence-electron chi connectivity index (χ4n) is 1.84. The highest BCUT2D eigenvalue weighted by Gasteiger charge is 2.13. The van der Waals surface area contributed by atoms with E-state index in [0.717, 1.165) is 0 Å². The number of nitrogens with zero attached hydrogens (tertiary/aromatic N) is 4. The topological polar surface area (TPSA) is 104 Å². The molecule has 0 aliphatic carbocycles. The predicted octanol–water partition coefficient (Wildman–Crippen LogP) is 1.50. The molecule has 1 aromatic carbocycles. The van der Waals surface area contributed by atoms with Gasteiger partial charge >= 0.3 is 0 Å². The van der Waals surface area contributed by atoms with Crippen molar-refractivity contribution in [3.8, 4) is 11.5 Å². The first kappa shape index (κ1) is 12.0. The lowest BCUT2D eigenvalue weighted by atomic mass is 10.2. The highest BCUT2D eigenvalue weighted by Crippen LogP contribution is 2.23. The molecule has 0 bridgehead atoms. The van der Waals surface area contributed by atoms with Crippen LogP contribution in [0.1, 0.15) is 0 Å². The van der Waals surface area contributed by atoms with Crippen LogP contribution in [0.3, 0.4) is 0 Å². The fourth-order valence-corrected chi connectivity index (χ4v) is 1.84. The Hall–Kier alpha value is -3.03. The smallest absolute Gasteiger partial charge is 0.270 e. The third kappa shape index (κ3) is 1.92. The molecule has 0 saturated carbocycles. The minimum absolute atomic E-state index is 0.156. The molecular weight excluding hydrogens is 264 g/mol. The molecule has 0 aliphatic heterocycles. The third-order valence-electron chi connectivity index (χ3n) is 2.78. The van der Waals surface area contributed by atoms with Crippen molar-refractivity contribution in [2.45, 2.75) is 0 Å². The van der Waals surface area contributed by atoms with E-state index in [1.807, 2.05) is 0 Å². The Kier molecular flexibility index (Phi) is 2.56. The van der Waals surface area contributed by atoms with Gasteiger partial charge in [-0.05, 0) is 6.07 Å². The van der Waals surface area contributed by atoms with Crippen molar-refractivity contribution in [3.05, 3.63) is 50.8 Å². The number of hydrogen-bond acceptors (Lipinski definition) is 6. The zero-order valence-corrected chi connectivity index (χ0v) is 10.3. The summed E-state index contributed by atoms with van der Waals surface area (Å²) in [5, 5.41) is 18.5. The van der Waals surface area contributed by atoms with Gasteiger partial charge in [-0.25, -0.2) is 0 Å². The molecule has 0 atom stereocenters. The molecule has 0 fully saturated rings. The monoisotopic (exact) mass is 272 g/mol. The molecule has 8 nitrogen and oxygen atoms in total. The Labute approximate surface area is 111 Å². The van der Waals surface area contributed by atoms with E-state index in [1.54, 1.807) is 13.2 Å². The van der Waals surface area contributed by atoms with E-state index in [1.165, 1.54) is 28.9 Å². The van der Waals surface area contributed by atoms with Crippen molar-refractivity contribution in [1.29, 1.82) is 0 Å². The van der Waals surface area contributed by atoms with E-state index in [4.69, 9.17) is 4.42 Å². The van der Waals surface area contributed by atoms with Gasteiger partial charge in [-0.2, -0.15) is 0 Å². The second-order valence-electron chi connectivity index (χ2n) is 4.19. The van der Waals surface area contributed by atoms with Crippen LogP contribution in [0, 0.1) is 10.1 Å². The lowest BCUT2D eigenvalue weighted by molar-refractivity contribution is -0.384. The van der Waals surface area contributed by atoms with Crippen molar-refractivity contribution < 1.29 is 9.34 Å². The summed E-state index contributed by atoms with van der Waals surface area (Å²) in [7, 11) is 1.69. The minimum atomic E-state index is -0.560. The number of nitro benzene ring substituents is 1. The number of hydrogen-bond donors (Lipinski definition) is 0. The summed E-state index contributed by atoms with van der Waals surface area (Å²) in [5.41, 5.74) is 0.168. The van der Waals surface area contributed by atoms with Crippen LogP contribution in [0.2, 0.25) is 0 Å². The Morgan fingerprint density at radius 2 is 2.15 bits per heavy atom. The first-order valence-corrected chi connectivity index (χ1v) is 5.63. The van der Waals surface area contributed by atoms with Crippen LogP contribution < -0.4 is 5.43 Å². The van der Waals surface area contributed by atoms with Crippen LogP contribution in [0.15, 0.2) is 39.7 Å². The molecule has 0 amide bonds. The third-order valence-corrected chi connectivity index (χ3v) is 2.78. The number of non-ortho nitro benzene ring substituents is 1. The van der Waals surface area contributed by atoms with E-state index < -0.39 is 4.92 Å². The van der Waals surface area contributed by atoms with Crippen molar-refractivity contribution in [3.63, 3.8) is 0 Å². The van der Waals surface area contributed by atoms with Crippen molar-refractivity contribution >= 4 is 16.7 Å². The summed E-state index contributed by atoms with van der Waals surface area (Å²) in [6.45, 7) is 0. The Morgan fingerprint density at radius 3 is 2.80 bits per heavy atom. The second-order valence-corrected chi connectivity index (χ2v) is 4.19. The van der Waals surface area contributed by atoms with Crippen LogP contribution in [0.4, 0.5) is 5.69 Å². The van der Waals surface area contributed by atoms with Crippen molar-refractivity contribution in [1.82, 2.24) is 15.0 Å². The van der Waals surface area contributed by atoms with E-state index in [2.05, 4.69) is 10.3 Å². The molecule has 0 spiro atoms. The molecule has 3 rings (SSSR count). The van der Waals surface area contributed by atoms with Gasteiger partial charge in [0.1, 0.15) is 11.3 Å². The van der Waals surface area contributed by atoms with Crippen LogP contribution in [-0.4, -0.2) is 19.9 Å². The quantitative estimate of drug-likeness (QED) is 0.517. The zero-order chi connectivity index (χ0) is 14.3. The molecule has 100 valence electrons. The van der Waals surface area contributed by atoms with E-state index >= 15 is 0 Å². The Morgan fingerprint density at radius 1 is 1.35 bits per heavy atom. The summed E-state index contributed by atoms with van der Waals surface area (Å²) in [4.78, 5) is 22.2. The predicted molar refractivity (Wildman–Crippen MR) is 69.1 cm³/mol. The molecular formula is C12H8N4O4. The van der Waals surface area contributed by atoms with Gasteiger partial charge in [0.15, 0.2) is 11.2 Å². The average molecular weight is 272 g/mol. The van der Waals surface area contributed by atoms with Crippen LogP contribution in [0.25, 0.3) is 22.4 Å². The van der Waals surface area contributed by atoms with Gasteiger partial charge in [-0.3, -0.25) is 19.6 Å². The number of aromatic nitrogens is 3. The largest absolute Gasteiger partial charge is 0.454 e. The van der Waals surface area contributed by atoms with Crippen LogP contribution in [-0.2, 0) is 7.05 Å². The number of rotatable bonds is 2. The van der Waals surface area contributed by atoms with Crippen LogP contribution >= 0.6 is 0 Å². The lowest BCUT2D eigenvalue weighted by Crippen LogP contribution is -2.01. The van der Waals surface area contributed by atoms with E-state index in [-0.39, 0.29) is 27.8 Å². The Bertz CT molecular complexity index is 881. The minimum Gasteiger partial charge on any atom is -0.454 e. The summed E-state index contributed by atoms with van der Waals surface area (Å²) in [6, 6.07) is 5.12. The highest BCUT2D eigenvalue weighted by molar-refractivity contribution is 5.80. The number of nitro groups is 1. The van der Waals surface area contributed by atoms with Gasteiger partial charge in [-0.1, -0.05) is 5.21 Å². The first-order valence-electron chi connectivity index (χ1n) is 5.63. The molecule has 0 aliphatic rings. The lowest BCUT2D eigenvalue weighted by Gasteiger charge is -1.99. The summed E-state index contributed by atoms with van der Waals surface area (Å²) < 4.78 is 7.02. The number of fused-ring (bicyclic) bond motifs is 1. The van der Waals surface area contributed by atoms with Crippen molar-refractivity contribution in [2.24, 2.45) is 7.05 Å². The molecule has 2 aromatic heterocycles. The van der Waals surface area contributed by atoms with Gasteiger partial charge in [0.25, 0.3) is 5.69 Å². The average Bonchev–Trinajstić information content (AvgIpc) is 2.85. The standard InChI is InChI=1S/C12H8N4O4/c1-15-6-9(13-14-15)12-5-10(17)8-4-7(16(18)19)2-3-11(8)20-12/h2-6H,1H3. The summed E-state index contributed by atoms with van der Waals surface area (Å²) >= 11 is 0. The van der Waals surface area contributed by atoms with Crippen LogP contribution in [0.5, 0.6) is 0 Å². The highest BCUT2D eigenvalue weighted by atomic mass is 16.6. The fraction of sp³-hybridized carbons (Fsp3) is 0.0833. The molecule has 3 aromatic rings. The maximum Gasteiger partial charge on any atom is 0.270 e. The molecule has 8 heteroatoms. The molecule has 0 radical (unpaired) electrons. The molecule has 2 heterocycles. The second kappa shape index (κ2) is 4.26. The van der Waals surface area contributed by atoms with Gasteiger partial charge in [-0.15, -0.1) is 5.10 Å². The Balaban J connectivity index is 2.23. The molecule has 0 saturated heterocycles.